The Morgan fingerprint density at radius 3 is 2.50 bits per heavy atom. The summed E-state index contributed by atoms with van der Waals surface area (Å²) in [6.45, 7) is 0.0985. The van der Waals surface area contributed by atoms with Crippen LogP contribution < -0.4 is 10.5 Å². The lowest BCUT2D eigenvalue weighted by Gasteiger charge is -2.03. The molecule has 6 nitrogen and oxygen atoms in total. The van der Waals surface area contributed by atoms with Crippen LogP contribution >= 0.6 is 0 Å². The number of carbonyl (C=O) groups excluding carboxylic acids is 1. The van der Waals surface area contributed by atoms with Gasteiger partial charge in [0.1, 0.15) is 0 Å². The van der Waals surface area contributed by atoms with Gasteiger partial charge in [0.05, 0.1) is 5.75 Å². The fraction of sp³-hybridized carbons (Fsp3) is 0.857. The lowest BCUT2D eigenvalue weighted by Crippen LogP contribution is -2.31. The highest BCUT2D eigenvalue weighted by Gasteiger charge is 2.04. The number of hydrogen-bond donors (Lipinski definition) is 3. The van der Waals surface area contributed by atoms with E-state index in [0.29, 0.717) is 19.3 Å². The van der Waals surface area contributed by atoms with E-state index in [0.717, 1.165) is 0 Å². The van der Waals surface area contributed by atoms with Gasteiger partial charge in [-0.3, -0.25) is 4.79 Å². The minimum Gasteiger partial charge on any atom is -0.396 e. The van der Waals surface area contributed by atoms with Gasteiger partial charge in [0.15, 0.2) is 0 Å². The van der Waals surface area contributed by atoms with Crippen molar-refractivity contribution in [3.8, 4) is 0 Å². The molecular formula is C7H16N2O4S. The van der Waals surface area contributed by atoms with Crippen LogP contribution in [0.3, 0.4) is 0 Å². The smallest absolute Gasteiger partial charge is 0.220 e. The van der Waals surface area contributed by atoms with Crippen LogP contribution in [0.5, 0.6) is 0 Å². The van der Waals surface area contributed by atoms with Crippen molar-refractivity contribution in [3.63, 3.8) is 0 Å². The molecule has 1 amide bonds. The SMILES string of the molecule is NS(=O)(=O)CCNC(=O)CCCCO. The molecule has 0 saturated heterocycles. The molecule has 0 aliphatic rings. The molecule has 0 bridgehead atoms. The van der Waals surface area contributed by atoms with Gasteiger partial charge < -0.3 is 10.4 Å². The minimum atomic E-state index is -3.50. The number of nitrogens with two attached hydrogens (primary N) is 1. The van der Waals surface area contributed by atoms with Gasteiger partial charge in [0, 0.05) is 19.6 Å². The number of nitrogens with one attached hydrogen (secondary N) is 1. The second-order valence-electron chi connectivity index (χ2n) is 2.90. The molecule has 0 aromatic rings. The summed E-state index contributed by atoms with van der Waals surface area (Å²) in [6.07, 6.45) is 1.46. The molecule has 4 N–H and O–H groups in total. The summed E-state index contributed by atoms with van der Waals surface area (Å²) in [7, 11) is -3.50. The maximum Gasteiger partial charge on any atom is 0.220 e. The van der Waals surface area contributed by atoms with E-state index >= 15 is 0 Å². The molecule has 0 aliphatic carbocycles. The predicted molar refractivity (Wildman–Crippen MR) is 51.9 cm³/mol. The topological polar surface area (TPSA) is 109 Å². The highest BCUT2D eigenvalue weighted by atomic mass is 32.2. The molecule has 7 heteroatoms. The van der Waals surface area contributed by atoms with Gasteiger partial charge in [-0.05, 0) is 12.8 Å². The molecule has 0 aromatic carbocycles. The van der Waals surface area contributed by atoms with Gasteiger partial charge in [-0.2, -0.15) is 0 Å². The molecule has 0 fully saturated rings. The van der Waals surface area contributed by atoms with E-state index < -0.39 is 10.0 Å². The van der Waals surface area contributed by atoms with Crippen LogP contribution in [-0.2, 0) is 14.8 Å². The molecule has 0 spiro atoms. The summed E-state index contributed by atoms with van der Waals surface area (Å²) in [5.41, 5.74) is 0. The van der Waals surface area contributed by atoms with E-state index in [2.05, 4.69) is 5.32 Å². The Morgan fingerprint density at radius 2 is 2.00 bits per heavy atom. The highest BCUT2D eigenvalue weighted by Crippen LogP contribution is 1.93. The first kappa shape index (κ1) is 13.3. The van der Waals surface area contributed by atoms with Gasteiger partial charge in [0.25, 0.3) is 0 Å². The Kier molecular flexibility index (Phi) is 6.43. The number of aliphatic hydroxyl groups is 1. The van der Waals surface area contributed by atoms with Gasteiger partial charge in [-0.1, -0.05) is 0 Å². The van der Waals surface area contributed by atoms with Crippen LogP contribution in [0.25, 0.3) is 0 Å². The number of hydrogen-bond acceptors (Lipinski definition) is 4. The van der Waals surface area contributed by atoms with Gasteiger partial charge >= 0.3 is 0 Å². The number of sulfonamides is 1. The number of primary sulfonamides is 1. The minimum absolute atomic E-state index is 0.0385. The number of rotatable bonds is 7. The summed E-state index contributed by atoms with van der Waals surface area (Å²) in [4.78, 5) is 11.0. The third kappa shape index (κ3) is 9.43. The van der Waals surface area contributed by atoms with Crippen LogP contribution in [0.15, 0.2) is 0 Å². The summed E-state index contributed by atoms with van der Waals surface area (Å²) < 4.78 is 20.9. The Labute approximate surface area is 83.5 Å². The molecule has 0 aliphatic heterocycles. The van der Waals surface area contributed by atoms with Crippen LogP contribution in [0.1, 0.15) is 19.3 Å². The van der Waals surface area contributed by atoms with Crippen molar-refractivity contribution in [2.24, 2.45) is 5.14 Å². The first-order valence-corrected chi connectivity index (χ1v) is 6.05. The van der Waals surface area contributed by atoms with Crippen LogP contribution in [-0.4, -0.2) is 38.3 Å². The van der Waals surface area contributed by atoms with E-state index in [1.807, 2.05) is 0 Å². The first-order chi connectivity index (χ1) is 6.45. The zero-order chi connectivity index (χ0) is 11.0. The Morgan fingerprint density at radius 1 is 1.36 bits per heavy atom. The molecule has 0 unspecified atom stereocenters. The molecule has 0 radical (unpaired) electrons. The van der Waals surface area contributed by atoms with Gasteiger partial charge in [-0.15, -0.1) is 0 Å². The monoisotopic (exact) mass is 224 g/mol. The van der Waals surface area contributed by atoms with E-state index in [1.54, 1.807) is 0 Å². The molecule has 0 heterocycles. The van der Waals surface area contributed by atoms with Gasteiger partial charge in [0.2, 0.25) is 15.9 Å². The zero-order valence-corrected chi connectivity index (χ0v) is 8.72. The second kappa shape index (κ2) is 6.74. The molecule has 0 saturated carbocycles. The van der Waals surface area contributed by atoms with Crippen molar-refractivity contribution in [1.29, 1.82) is 0 Å². The third-order valence-corrected chi connectivity index (χ3v) is 2.29. The van der Waals surface area contributed by atoms with Crippen LogP contribution in [0.2, 0.25) is 0 Å². The Hall–Kier alpha value is -0.660. The average Bonchev–Trinajstić information content (AvgIpc) is 2.02. The Balaban J connectivity index is 3.45. The predicted octanol–water partition coefficient (Wildman–Crippen LogP) is -1.45. The lowest BCUT2D eigenvalue weighted by atomic mass is 10.2. The van der Waals surface area contributed by atoms with Crippen molar-refractivity contribution in [1.82, 2.24) is 5.32 Å². The van der Waals surface area contributed by atoms with Gasteiger partial charge in [-0.25, -0.2) is 13.6 Å². The van der Waals surface area contributed by atoms with Crippen molar-refractivity contribution >= 4 is 15.9 Å². The van der Waals surface area contributed by atoms with Crippen LogP contribution in [0, 0.1) is 0 Å². The quantitative estimate of drug-likeness (QED) is 0.460. The summed E-state index contributed by atoms with van der Waals surface area (Å²) in [5, 5.41) is 15.6. The van der Waals surface area contributed by atoms with E-state index in [4.69, 9.17) is 10.2 Å². The lowest BCUT2D eigenvalue weighted by molar-refractivity contribution is -0.121. The van der Waals surface area contributed by atoms with Crippen molar-refractivity contribution < 1.29 is 18.3 Å². The van der Waals surface area contributed by atoms with E-state index in [-0.39, 0.29) is 24.8 Å². The fourth-order valence-corrected chi connectivity index (χ4v) is 1.21. The fourth-order valence-electron chi connectivity index (χ4n) is 0.818. The van der Waals surface area contributed by atoms with E-state index in [9.17, 15) is 13.2 Å². The van der Waals surface area contributed by atoms with Crippen molar-refractivity contribution in [3.05, 3.63) is 0 Å². The zero-order valence-electron chi connectivity index (χ0n) is 7.90. The molecular weight excluding hydrogens is 208 g/mol. The molecule has 0 aromatic heterocycles. The number of aliphatic hydroxyl groups excluding tert-OH is 1. The first-order valence-electron chi connectivity index (χ1n) is 4.34. The summed E-state index contributed by atoms with van der Waals surface area (Å²) in [5.74, 6) is -0.472. The van der Waals surface area contributed by atoms with Crippen molar-refractivity contribution in [2.45, 2.75) is 19.3 Å². The highest BCUT2D eigenvalue weighted by molar-refractivity contribution is 7.89. The second-order valence-corrected chi connectivity index (χ2v) is 4.63. The molecule has 14 heavy (non-hydrogen) atoms. The number of amides is 1. The molecule has 84 valence electrons. The number of unbranched alkanes of at least 4 members (excludes halogenated alkanes) is 1. The third-order valence-electron chi connectivity index (χ3n) is 1.52. The van der Waals surface area contributed by atoms with Crippen molar-refractivity contribution in [2.75, 3.05) is 18.9 Å². The summed E-state index contributed by atoms with van der Waals surface area (Å²) >= 11 is 0. The normalized spacial score (nSPS) is 11.3. The maximum atomic E-state index is 11.0. The van der Waals surface area contributed by atoms with E-state index in [1.165, 1.54) is 0 Å². The molecule has 0 rings (SSSR count). The maximum absolute atomic E-state index is 11.0. The average molecular weight is 224 g/mol. The summed E-state index contributed by atoms with van der Waals surface area (Å²) in [6, 6.07) is 0. The standard InChI is InChI=1S/C7H16N2O4S/c8-14(12,13)6-4-9-7(11)3-1-2-5-10/h10H,1-6H2,(H,9,11)(H2,8,12,13). The largest absolute Gasteiger partial charge is 0.396 e. The molecule has 0 atom stereocenters. The Bertz CT molecular complexity index is 263. The van der Waals surface area contributed by atoms with Crippen LogP contribution in [0.4, 0.5) is 0 Å². The number of carbonyl (C=O) groups is 1.